The largest absolute Gasteiger partial charge is 0.466 e. The van der Waals surface area contributed by atoms with Crippen LogP contribution in [0, 0.1) is 0 Å². The Kier molecular flexibility index (Phi) is 73.9. The molecule has 0 rings (SSSR count). The van der Waals surface area contributed by atoms with Gasteiger partial charge in [0.05, 0.1) is 25.4 Å². The Hall–Kier alpha value is -1.92. The van der Waals surface area contributed by atoms with E-state index in [1.807, 2.05) is 0 Å². The van der Waals surface area contributed by atoms with Crippen molar-refractivity contribution in [3.63, 3.8) is 0 Å². The second-order valence-corrected chi connectivity index (χ2v) is 27.0. The molecule has 0 aromatic heterocycles. The van der Waals surface area contributed by atoms with E-state index in [-0.39, 0.29) is 18.5 Å². The first-order valence-corrected chi connectivity index (χ1v) is 39.2. The molecule has 2 unspecified atom stereocenters. The Morgan fingerprint density at radius 1 is 0.326 bits per heavy atom. The number of carbonyl (C=O) groups is 2. The van der Waals surface area contributed by atoms with E-state index in [4.69, 9.17) is 4.74 Å². The number of rotatable bonds is 74. The smallest absolute Gasteiger partial charge is 0.305 e. The average molecular weight is 1210 g/mol. The van der Waals surface area contributed by atoms with Gasteiger partial charge in [-0.1, -0.05) is 378 Å². The van der Waals surface area contributed by atoms with E-state index in [1.54, 1.807) is 0 Å². The number of aliphatic hydroxyl groups is 2. The molecule has 6 heteroatoms. The van der Waals surface area contributed by atoms with Crippen LogP contribution in [0.4, 0.5) is 0 Å². The van der Waals surface area contributed by atoms with Gasteiger partial charge < -0.3 is 20.3 Å². The Labute approximate surface area is 538 Å². The lowest BCUT2D eigenvalue weighted by Crippen LogP contribution is -2.45. The Balaban J connectivity index is 3.37. The molecule has 86 heavy (non-hydrogen) atoms. The maximum absolute atomic E-state index is 12.5. The number of ether oxygens (including phenoxy) is 1. The molecule has 0 saturated carbocycles. The number of hydrogen-bond donors (Lipinski definition) is 3. The van der Waals surface area contributed by atoms with Gasteiger partial charge in [0.15, 0.2) is 0 Å². The first kappa shape index (κ1) is 84.1. The highest BCUT2D eigenvalue weighted by molar-refractivity contribution is 5.76. The van der Waals surface area contributed by atoms with Crippen molar-refractivity contribution in [1.29, 1.82) is 0 Å². The van der Waals surface area contributed by atoms with E-state index in [2.05, 4.69) is 55.6 Å². The third kappa shape index (κ3) is 71.2. The molecule has 1 amide bonds. The summed E-state index contributed by atoms with van der Waals surface area (Å²) in [4.78, 5) is 24.6. The van der Waals surface area contributed by atoms with Gasteiger partial charge >= 0.3 is 5.97 Å². The number of aliphatic hydroxyl groups excluding tert-OH is 2. The average Bonchev–Trinajstić information content (AvgIpc) is 3.54. The molecule has 0 fully saturated rings. The van der Waals surface area contributed by atoms with Gasteiger partial charge in [0, 0.05) is 12.8 Å². The van der Waals surface area contributed by atoms with Crippen molar-refractivity contribution in [2.75, 3.05) is 13.2 Å². The molecule has 0 aliphatic carbocycles. The number of hydrogen-bond acceptors (Lipinski definition) is 5. The number of amides is 1. The van der Waals surface area contributed by atoms with Gasteiger partial charge in [-0.3, -0.25) is 9.59 Å². The standard InChI is InChI=1S/C80H153NO5/c1-3-5-7-9-11-13-15-17-19-21-41-44-48-52-56-60-64-68-72-78(83)77(76-82)81-79(84)73-69-65-61-57-53-49-45-42-39-37-35-33-31-29-27-25-23-22-24-26-28-30-32-34-36-38-40-43-47-51-55-59-63-67-71-75-86-80(85)74-70-66-62-58-54-50-46-20-18-16-14-12-10-8-6-4-2/h20,24,26,30,32,46,77-78,82-83H,3-19,21-23,25,27-29,31,33-45,47-76H2,1-2H3,(H,81,84)/b26-24-,32-30-,46-20-. The third-order valence-corrected chi connectivity index (χ3v) is 18.4. The molecular weight excluding hydrogens is 1050 g/mol. The summed E-state index contributed by atoms with van der Waals surface area (Å²) in [6.07, 6.45) is 98.0. The van der Waals surface area contributed by atoms with Crippen molar-refractivity contribution in [2.24, 2.45) is 0 Å². The molecule has 0 heterocycles. The van der Waals surface area contributed by atoms with Crippen LogP contribution in [-0.2, 0) is 14.3 Å². The first-order chi connectivity index (χ1) is 42.5. The molecule has 0 saturated heterocycles. The maximum Gasteiger partial charge on any atom is 0.305 e. The predicted octanol–water partition coefficient (Wildman–Crippen LogP) is 25.8. The molecule has 0 bridgehead atoms. The monoisotopic (exact) mass is 1210 g/mol. The van der Waals surface area contributed by atoms with Crippen LogP contribution in [0.25, 0.3) is 0 Å². The molecule has 0 spiro atoms. The quantitative estimate of drug-likeness (QED) is 0.0320. The Morgan fingerprint density at radius 3 is 0.895 bits per heavy atom. The summed E-state index contributed by atoms with van der Waals surface area (Å²) in [6.45, 7) is 4.99. The number of esters is 1. The van der Waals surface area contributed by atoms with Gasteiger partial charge in [-0.25, -0.2) is 0 Å². The topological polar surface area (TPSA) is 95.9 Å². The zero-order valence-electron chi connectivity index (χ0n) is 58.3. The van der Waals surface area contributed by atoms with Crippen molar-refractivity contribution in [3.05, 3.63) is 36.5 Å². The summed E-state index contributed by atoms with van der Waals surface area (Å²) in [5, 5.41) is 23.4. The van der Waals surface area contributed by atoms with E-state index in [0.29, 0.717) is 25.9 Å². The zero-order valence-corrected chi connectivity index (χ0v) is 58.3. The number of carbonyl (C=O) groups excluding carboxylic acids is 2. The molecule has 0 radical (unpaired) electrons. The van der Waals surface area contributed by atoms with Gasteiger partial charge in [0.2, 0.25) is 5.91 Å². The molecule has 0 aromatic rings. The first-order valence-electron chi connectivity index (χ1n) is 39.2. The van der Waals surface area contributed by atoms with Crippen LogP contribution in [0.15, 0.2) is 36.5 Å². The highest BCUT2D eigenvalue weighted by Crippen LogP contribution is 2.19. The maximum atomic E-state index is 12.5. The van der Waals surface area contributed by atoms with E-state index < -0.39 is 12.1 Å². The molecule has 508 valence electrons. The summed E-state index contributed by atoms with van der Waals surface area (Å²) in [7, 11) is 0. The molecule has 0 aliphatic rings. The van der Waals surface area contributed by atoms with Crippen LogP contribution < -0.4 is 5.32 Å². The Bertz CT molecular complexity index is 1390. The highest BCUT2D eigenvalue weighted by Gasteiger charge is 2.20. The normalized spacial score (nSPS) is 12.7. The van der Waals surface area contributed by atoms with Crippen LogP contribution in [0.5, 0.6) is 0 Å². The number of nitrogens with one attached hydrogen (secondary N) is 1. The van der Waals surface area contributed by atoms with Crippen molar-refractivity contribution in [3.8, 4) is 0 Å². The second kappa shape index (κ2) is 75.5. The summed E-state index contributed by atoms with van der Waals surface area (Å²) >= 11 is 0. The van der Waals surface area contributed by atoms with Crippen molar-refractivity contribution < 1.29 is 24.5 Å². The second-order valence-electron chi connectivity index (χ2n) is 27.0. The number of allylic oxidation sites excluding steroid dienone is 6. The lowest BCUT2D eigenvalue weighted by molar-refractivity contribution is -0.143. The summed E-state index contributed by atoms with van der Waals surface area (Å²) in [5.41, 5.74) is 0. The van der Waals surface area contributed by atoms with Crippen molar-refractivity contribution >= 4 is 11.9 Å². The predicted molar refractivity (Wildman–Crippen MR) is 379 cm³/mol. The molecule has 3 N–H and O–H groups in total. The molecular formula is C80H153NO5. The van der Waals surface area contributed by atoms with Gasteiger partial charge in [0.1, 0.15) is 0 Å². The fraction of sp³-hybridized carbons (Fsp3) is 0.900. The van der Waals surface area contributed by atoms with Gasteiger partial charge in [-0.15, -0.1) is 0 Å². The van der Waals surface area contributed by atoms with E-state index in [9.17, 15) is 19.8 Å². The lowest BCUT2D eigenvalue weighted by Gasteiger charge is -2.22. The summed E-state index contributed by atoms with van der Waals surface area (Å²) in [6, 6.07) is -0.540. The zero-order chi connectivity index (χ0) is 62.0. The molecule has 0 aliphatic heterocycles. The van der Waals surface area contributed by atoms with Gasteiger partial charge in [-0.2, -0.15) is 0 Å². The van der Waals surface area contributed by atoms with Crippen molar-refractivity contribution in [1.82, 2.24) is 5.32 Å². The summed E-state index contributed by atoms with van der Waals surface area (Å²) < 4.78 is 5.50. The molecule has 2 atom stereocenters. The van der Waals surface area contributed by atoms with Crippen LogP contribution in [0.2, 0.25) is 0 Å². The van der Waals surface area contributed by atoms with Gasteiger partial charge in [0.25, 0.3) is 0 Å². The van der Waals surface area contributed by atoms with Crippen LogP contribution >= 0.6 is 0 Å². The Morgan fingerprint density at radius 2 is 0.581 bits per heavy atom. The molecule has 6 nitrogen and oxygen atoms in total. The third-order valence-electron chi connectivity index (χ3n) is 18.4. The van der Waals surface area contributed by atoms with E-state index in [1.165, 1.54) is 353 Å². The fourth-order valence-electron chi connectivity index (χ4n) is 12.4. The summed E-state index contributed by atoms with van der Waals surface area (Å²) in [5.74, 6) is -0.0185. The van der Waals surface area contributed by atoms with Crippen LogP contribution in [0.3, 0.4) is 0 Å². The van der Waals surface area contributed by atoms with E-state index in [0.717, 1.165) is 51.4 Å². The lowest BCUT2D eigenvalue weighted by atomic mass is 10.0. The van der Waals surface area contributed by atoms with Crippen LogP contribution in [-0.4, -0.2) is 47.4 Å². The minimum absolute atomic E-state index is 0.0101. The highest BCUT2D eigenvalue weighted by atomic mass is 16.5. The van der Waals surface area contributed by atoms with Crippen LogP contribution in [0.1, 0.15) is 438 Å². The van der Waals surface area contributed by atoms with E-state index >= 15 is 0 Å². The SMILES string of the molecule is CCCCCCCCC/C=C\CCCCCCCC(=O)OCCCCCCCCCCCCC/C=C\C/C=C\CCCCCCCCCCCCCCCCCCCC(=O)NC(CO)C(O)CCCCCCCCCCCCCCCCCCCC. The molecule has 0 aromatic carbocycles. The van der Waals surface area contributed by atoms with Gasteiger partial charge in [-0.05, 0) is 83.5 Å². The van der Waals surface area contributed by atoms with Crippen molar-refractivity contribution in [2.45, 2.75) is 450 Å². The minimum atomic E-state index is -0.663. The minimum Gasteiger partial charge on any atom is -0.466 e. The fourth-order valence-corrected chi connectivity index (χ4v) is 12.4. The number of unbranched alkanes of at least 4 members (excludes halogenated alkanes) is 57.